The summed E-state index contributed by atoms with van der Waals surface area (Å²) in [6.07, 6.45) is 7.83. The lowest BCUT2D eigenvalue weighted by Crippen LogP contribution is -2.34. The monoisotopic (exact) mass is 153 g/mol. The minimum Gasteiger partial charge on any atom is -0.248 e. The third-order valence-electron chi connectivity index (χ3n) is 1.96. The van der Waals surface area contributed by atoms with Crippen molar-refractivity contribution in [2.45, 2.75) is 39.7 Å². The van der Waals surface area contributed by atoms with Crippen LogP contribution in [-0.4, -0.2) is 4.98 Å². The van der Waals surface area contributed by atoms with Crippen LogP contribution in [0.3, 0.4) is 0 Å². The van der Waals surface area contributed by atoms with E-state index in [1.165, 1.54) is 25.1 Å². The van der Waals surface area contributed by atoms with E-state index in [0.717, 1.165) is 6.54 Å². The van der Waals surface area contributed by atoms with Gasteiger partial charge >= 0.3 is 0 Å². The summed E-state index contributed by atoms with van der Waals surface area (Å²) in [4.78, 5) is 3.25. The van der Waals surface area contributed by atoms with E-state index >= 15 is 0 Å². The third kappa shape index (κ3) is 2.07. The average molecular weight is 153 g/mol. The van der Waals surface area contributed by atoms with E-state index in [4.69, 9.17) is 0 Å². The summed E-state index contributed by atoms with van der Waals surface area (Å²) in [6, 6.07) is 0. The van der Waals surface area contributed by atoms with E-state index in [2.05, 4.69) is 29.6 Å². The van der Waals surface area contributed by atoms with E-state index in [-0.39, 0.29) is 0 Å². The van der Waals surface area contributed by atoms with Gasteiger partial charge < -0.3 is 0 Å². The Hall–Kier alpha value is -0.790. The number of H-pyrrole nitrogens is 1. The fraction of sp³-hybridized carbons (Fsp3) is 0.667. The second kappa shape index (κ2) is 4.16. The van der Waals surface area contributed by atoms with Gasteiger partial charge in [0.15, 0.2) is 0 Å². The molecule has 0 radical (unpaired) electrons. The molecule has 62 valence electrons. The lowest BCUT2D eigenvalue weighted by Gasteiger charge is -1.94. The van der Waals surface area contributed by atoms with Crippen molar-refractivity contribution in [2.24, 2.45) is 0 Å². The quantitative estimate of drug-likeness (QED) is 0.635. The Labute approximate surface area is 68.3 Å². The smallest absolute Gasteiger partial charge is 0.248 e. The number of unbranched alkanes of at least 4 members (excludes halogenated alkanes) is 1. The van der Waals surface area contributed by atoms with Crippen LogP contribution in [0.1, 0.15) is 32.5 Å². The van der Waals surface area contributed by atoms with E-state index < -0.39 is 0 Å². The molecule has 0 aliphatic rings. The van der Waals surface area contributed by atoms with Crippen LogP contribution in [0.5, 0.6) is 0 Å². The van der Waals surface area contributed by atoms with Crippen LogP contribution in [0.15, 0.2) is 12.4 Å². The van der Waals surface area contributed by atoms with Gasteiger partial charge in [-0.1, -0.05) is 13.3 Å². The predicted molar refractivity (Wildman–Crippen MR) is 45.3 cm³/mol. The van der Waals surface area contributed by atoms with Gasteiger partial charge in [-0.3, -0.25) is 0 Å². The lowest BCUT2D eigenvalue weighted by molar-refractivity contribution is -0.699. The first-order valence-electron chi connectivity index (χ1n) is 4.44. The Morgan fingerprint density at radius 2 is 2.27 bits per heavy atom. The van der Waals surface area contributed by atoms with Crippen LogP contribution >= 0.6 is 0 Å². The number of imidazole rings is 1. The molecule has 0 amide bonds. The zero-order valence-electron chi connectivity index (χ0n) is 7.43. The Bertz CT molecular complexity index is 203. The Kier molecular flexibility index (Phi) is 3.14. The first-order valence-corrected chi connectivity index (χ1v) is 4.44. The Balaban J connectivity index is 2.54. The number of nitrogens with zero attached hydrogens (tertiary/aromatic N) is 1. The van der Waals surface area contributed by atoms with Gasteiger partial charge in [0.05, 0.1) is 6.54 Å². The zero-order valence-corrected chi connectivity index (χ0v) is 7.43. The van der Waals surface area contributed by atoms with Crippen molar-refractivity contribution in [3.8, 4) is 0 Å². The molecule has 0 fully saturated rings. The van der Waals surface area contributed by atoms with E-state index in [0.29, 0.717) is 0 Å². The van der Waals surface area contributed by atoms with Crippen LogP contribution in [0, 0.1) is 0 Å². The van der Waals surface area contributed by atoms with Crippen LogP contribution in [0.2, 0.25) is 0 Å². The van der Waals surface area contributed by atoms with Gasteiger partial charge in [0.25, 0.3) is 5.82 Å². The lowest BCUT2D eigenvalue weighted by atomic mass is 10.2. The highest BCUT2D eigenvalue weighted by Gasteiger charge is 2.06. The standard InChI is InChI=1S/C9H16N2/c1-3-5-6-9-10-7-8-11(9)4-2/h7-8H,3-6H2,1-2H3/p+1. The molecule has 0 atom stereocenters. The highest BCUT2D eigenvalue weighted by molar-refractivity contribution is 4.76. The average Bonchev–Trinajstić information content (AvgIpc) is 2.47. The molecule has 0 unspecified atom stereocenters. The number of hydrogen-bond donors (Lipinski definition) is 1. The number of aryl methyl sites for hydroxylation is 2. The fourth-order valence-electron chi connectivity index (χ4n) is 1.25. The molecule has 0 saturated carbocycles. The van der Waals surface area contributed by atoms with E-state index in [1.54, 1.807) is 0 Å². The molecule has 1 aromatic rings. The number of aromatic amines is 1. The van der Waals surface area contributed by atoms with Crippen molar-refractivity contribution in [3.63, 3.8) is 0 Å². The largest absolute Gasteiger partial charge is 0.254 e. The summed E-state index contributed by atoms with van der Waals surface area (Å²) in [5, 5.41) is 0. The Morgan fingerprint density at radius 1 is 1.45 bits per heavy atom. The maximum atomic E-state index is 3.25. The van der Waals surface area contributed by atoms with Gasteiger partial charge in [0, 0.05) is 6.42 Å². The second-order valence-corrected chi connectivity index (χ2v) is 2.80. The minimum atomic E-state index is 1.07. The van der Waals surface area contributed by atoms with Crippen molar-refractivity contribution < 1.29 is 4.57 Å². The van der Waals surface area contributed by atoms with Crippen molar-refractivity contribution in [1.29, 1.82) is 0 Å². The summed E-state index contributed by atoms with van der Waals surface area (Å²) in [5.41, 5.74) is 0. The molecular weight excluding hydrogens is 136 g/mol. The number of rotatable bonds is 4. The van der Waals surface area contributed by atoms with Crippen LogP contribution in [0.4, 0.5) is 0 Å². The number of hydrogen-bond acceptors (Lipinski definition) is 0. The maximum Gasteiger partial charge on any atom is 0.254 e. The van der Waals surface area contributed by atoms with Gasteiger partial charge in [-0.2, -0.15) is 0 Å². The molecule has 0 spiro atoms. The van der Waals surface area contributed by atoms with Gasteiger partial charge in [0.2, 0.25) is 0 Å². The molecule has 0 aliphatic carbocycles. The predicted octanol–water partition coefficient (Wildman–Crippen LogP) is 1.66. The highest BCUT2D eigenvalue weighted by Crippen LogP contribution is 1.95. The second-order valence-electron chi connectivity index (χ2n) is 2.80. The normalized spacial score (nSPS) is 10.4. The zero-order chi connectivity index (χ0) is 8.10. The van der Waals surface area contributed by atoms with Crippen molar-refractivity contribution in [1.82, 2.24) is 4.98 Å². The van der Waals surface area contributed by atoms with Gasteiger partial charge in [0.1, 0.15) is 12.4 Å². The molecule has 1 aromatic heterocycles. The minimum absolute atomic E-state index is 1.07. The van der Waals surface area contributed by atoms with Gasteiger partial charge in [-0.05, 0) is 13.3 Å². The van der Waals surface area contributed by atoms with Crippen molar-refractivity contribution >= 4 is 0 Å². The van der Waals surface area contributed by atoms with Crippen LogP contribution in [0.25, 0.3) is 0 Å². The van der Waals surface area contributed by atoms with E-state index in [1.807, 2.05) is 6.20 Å². The van der Waals surface area contributed by atoms with E-state index in [9.17, 15) is 0 Å². The molecule has 1 N–H and O–H groups in total. The van der Waals surface area contributed by atoms with Crippen molar-refractivity contribution in [2.75, 3.05) is 0 Å². The van der Waals surface area contributed by atoms with Crippen LogP contribution < -0.4 is 4.57 Å². The molecule has 1 heterocycles. The number of nitrogens with one attached hydrogen (secondary N) is 1. The topological polar surface area (TPSA) is 19.7 Å². The molecule has 2 heteroatoms. The molecule has 2 nitrogen and oxygen atoms in total. The van der Waals surface area contributed by atoms with Crippen LogP contribution in [-0.2, 0) is 13.0 Å². The molecule has 11 heavy (non-hydrogen) atoms. The third-order valence-corrected chi connectivity index (χ3v) is 1.96. The molecule has 0 aliphatic heterocycles. The highest BCUT2D eigenvalue weighted by atomic mass is 15.0. The van der Waals surface area contributed by atoms with Crippen molar-refractivity contribution in [3.05, 3.63) is 18.2 Å². The van der Waals surface area contributed by atoms with Gasteiger partial charge in [-0.15, -0.1) is 0 Å². The molecule has 1 rings (SSSR count). The first-order chi connectivity index (χ1) is 5.38. The molecule has 0 aromatic carbocycles. The Morgan fingerprint density at radius 3 is 2.91 bits per heavy atom. The molecule has 0 saturated heterocycles. The summed E-state index contributed by atoms with van der Waals surface area (Å²) in [7, 11) is 0. The SMILES string of the molecule is CCCCc1[nH]cc[n+]1CC. The fourth-order valence-corrected chi connectivity index (χ4v) is 1.25. The first kappa shape index (κ1) is 8.31. The summed E-state index contributed by atoms with van der Waals surface area (Å²) in [6.45, 7) is 5.46. The summed E-state index contributed by atoms with van der Waals surface area (Å²) in [5.74, 6) is 1.36. The maximum absolute atomic E-state index is 3.25. The molecular formula is C9H17N2+. The van der Waals surface area contributed by atoms with Gasteiger partial charge in [-0.25, -0.2) is 9.55 Å². The summed E-state index contributed by atoms with van der Waals surface area (Å²) < 4.78 is 2.26. The summed E-state index contributed by atoms with van der Waals surface area (Å²) >= 11 is 0. The number of aromatic nitrogens is 2. The molecule has 0 bridgehead atoms.